The number of aliphatic carboxylic acids is 1. The summed E-state index contributed by atoms with van der Waals surface area (Å²) in [5.41, 5.74) is 0.458. The van der Waals surface area contributed by atoms with Crippen molar-refractivity contribution in [2.45, 2.75) is 70.5 Å². The normalized spacial score (nSPS) is 26.3. The van der Waals surface area contributed by atoms with E-state index in [-0.39, 0.29) is 30.8 Å². The van der Waals surface area contributed by atoms with E-state index in [4.69, 9.17) is 14.6 Å². The maximum Gasteiger partial charge on any atom is 0.303 e. The van der Waals surface area contributed by atoms with Crippen LogP contribution in [0.4, 0.5) is 0 Å². The second-order valence-electron chi connectivity index (χ2n) is 10.1. The number of carboxylic acid groups (broad SMARTS) is 1. The van der Waals surface area contributed by atoms with E-state index in [2.05, 4.69) is 0 Å². The van der Waals surface area contributed by atoms with Gasteiger partial charge in [0.15, 0.2) is 11.5 Å². The van der Waals surface area contributed by atoms with Gasteiger partial charge in [-0.1, -0.05) is 13.0 Å². The molecule has 0 bridgehead atoms. The van der Waals surface area contributed by atoms with Crippen LogP contribution in [0.15, 0.2) is 18.2 Å². The molecule has 1 amide bonds. The Kier molecular flexibility index (Phi) is 6.39. The molecule has 3 atom stereocenters. The number of likely N-dealkylation sites (tertiary alicyclic amines) is 1. The zero-order chi connectivity index (χ0) is 23.0. The lowest BCUT2D eigenvalue weighted by Gasteiger charge is -2.34. The van der Waals surface area contributed by atoms with E-state index in [9.17, 15) is 14.7 Å². The predicted molar refractivity (Wildman–Crippen MR) is 119 cm³/mol. The lowest BCUT2D eigenvalue weighted by atomic mass is 9.72. The largest absolute Gasteiger partial charge is 0.493 e. The number of nitrogens with zero attached hydrogens (tertiary/aromatic N) is 1. The number of aliphatic hydroxyl groups excluding tert-OH is 1. The molecular formula is C25H35NO6. The van der Waals surface area contributed by atoms with Crippen LogP contribution in [0.2, 0.25) is 0 Å². The predicted octanol–water partition coefficient (Wildman–Crippen LogP) is 3.44. The highest BCUT2D eigenvalue weighted by atomic mass is 16.5. The first-order valence-corrected chi connectivity index (χ1v) is 11.7. The van der Waals surface area contributed by atoms with Crippen LogP contribution < -0.4 is 9.47 Å². The number of rotatable bonds is 10. The second-order valence-corrected chi connectivity index (χ2v) is 10.1. The number of hydrogen-bond donors (Lipinski definition) is 2. The van der Waals surface area contributed by atoms with E-state index in [0.717, 1.165) is 11.3 Å². The van der Waals surface area contributed by atoms with Crippen LogP contribution in [0.1, 0.15) is 63.9 Å². The molecule has 7 heteroatoms. The van der Waals surface area contributed by atoms with Crippen molar-refractivity contribution in [1.29, 1.82) is 0 Å². The molecule has 0 aromatic heterocycles. The molecule has 2 N–H and O–H groups in total. The Morgan fingerprint density at radius 1 is 1.16 bits per heavy atom. The third-order valence-corrected chi connectivity index (χ3v) is 7.62. The molecule has 0 unspecified atom stereocenters. The third-order valence-electron chi connectivity index (χ3n) is 7.62. The number of hydrogen-bond acceptors (Lipinski definition) is 5. The van der Waals surface area contributed by atoms with Crippen molar-refractivity contribution in [1.82, 2.24) is 4.90 Å². The highest BCUT2D eigenvalue weighted by Gasteiger charge is 2.49. The van der Waals surface area contributed by atoms with Gasteiger partial charge < -0.3 is 24.6 Å². The fourth-order valence-electron chi connectivity index (χ4n) is 5.06. The van der Waals surface area contributed by atoms with Crippen LogP contribution in [-0.4, -0.2) is 59.4 Å². The molecule has 2 saturated carbocycles. The number of benzene rings is 1. The lowest BCUT2D eigenvalue weighted by molar-refractivity contribution is -0.140. The minimum absolute atomic E-state index is 0.0284. The average Bonchev–Trinajstić information content (AvgIpc) is 3.68. The van der Waals surface area contributed by atoms with Crippen molar-refractivity contribution >= 4 is 11.9 Å². The summed E-state index contributed by atoms with van der Waals surface area (Å²) in [4.78, 5) is 25.2. The number of carbonyl (C=O) groups is 2. The van der Waals surface area contributed by atoms with Gasteiger partial charge in [-0.25, -0.2) is 0 Å². The van der Waals surface area contributed by atoms with Gasteiger partial charge >= 0.3 is 5.97 Å². The summed E-state index contributed by atoms with van der Waals surface area (Å²) in [6, 6.07) is 5.93. The zero-order valence-electron chi connectivity index (χ0n) is 19.3. The quantitative estimate of drug-likeness (QED) is 0.573. The number of aliphatic hydroxyl groups is 1. The van der Waals surface area contributed by atoms with Gasteiger partial charge in [0.05, 0.1) is 19.6 Å². The van der Waals surface area contributed by atoms with Crippen LogP contribution in [-0.2, 0) is 9.59 Å². The first-order chi connectivity index (χ1) is 15.2. The van der Waals surface area contributed by atoms with Crippen molar-refractivity contribution in [2.75, 3.05) is 20.2 Å². The lowest BCUT2D eigenvalue weighted by Crippen LogP contribution is -2.38. The zero-order valence-corrected chi connectivity index (χ0v) is 19.3. The minimum atomic E-state index is -0.981. The molecule has 3 aliphatic rings. The molecule has 3 fully saturated rings. The second kappa shape index (κ2) is 8.93. The van der Waals surface area contributed by atoms with Crippen molar-refractivity contribution < 1.29 is 29.3 Å². The Balaban J connectivity index is 1.58. The third kappa shape index (κ3) is 4.72. The molecule has 2 aliphatic carbocycles. The maximum absolute atomic E-state index is 12.6. The van der Waals surface area contributed by atoms with Crippen LogP contribution in [0.3, 0.4) is 0 Å². The monoisotopic (exact) mass is 445 g/mol. The first kappa shape index (κ1) is 22.9. The number of ether oxygens (including phenoxy) is 2. The molecule has 7 nitrogen and oxygen atoms in total. The summed E-state index contributed by atoms with van der Waals surface area (Å²) < 4.78 is 12.1. The molecule has 1 aromatic rings. The van der Waals surface area contributed by atoms with Crippen molar-refractivity contribution in [3.8, 4) is 11.5 Å². The van der Waals surface area contributed by atoms with Crippen molar-refractivity contribution in [3.63, 3.8) is 0 Å². The van der Waals surface area contributed by atoms with E-state index >= 15 is 0 Å². The van der Waals surface area contributed by atoms with Gasteiger partial charge in [0.1, 0.15) is 6.10 Å². The highest BCUT2D eigenvalue weighted by molar-refractivity contribution is 5.81. The number of methoxy groups -OCH3 is 1. The van der Waals surface area contributed by atoms with Gasteiger partial charge in [-0.15, -0.1) is 0 Å². The molecule has 176 valence electrons. The van der Waals surface area contributed by atoms with Gasteiger partial charge in [0.2, 0.25) is 5.91 Å². The summed E-state index contributed by atoms with van der Waals surface area (Å²) in [5.74, 6) is 1.44. The van der Waals surface area contributed by atoms with Crippen LogP contribution in [0.5, 0.6) is 11.5 Å². The van der Waals surface area contributed by atoms with Crippen LogP contribution in [0, 0.1) is 17.3 Å². The van der Waals surface area contributed by atoms with E-state index in [1.807, 2.05) is 25.1 Å². The summed E-state index contributed by atoms with van der Waals surface area (Å²) in [6.45, 7) is 4.59. The number of amides is 1. The summed E-state index contributed by atoms with van der Waals surface area (Å²) in [6.07, 6.45) is 4.27. The fraction of sp³-hybridized carbons (Fsp3) is 0.680. The van der Waals surface area contributed by atoms with Crippen molar-refractivity contribution in [3.05, 3.63) is 23.8 Å². The Labute approximate surface area is 189 Å². The van der Waals surface area contributed by atoms with Gasteiger partial charge in [0.25, 0.3) is 0 Å². The minimum Gasteiger partial charge on any atom is -0.493 e. The molecule has 1 heterocycles. The Bertz CT molecular complexity index is 850. The maximum atomic E-state index is 12.6. The summed E-state index contributed by atoms with van der Waals surface area (Å²) >= 11 is 0. The van der Waals surface area contributed by atoms with Crippen molar-refractivity contribution in [2.24, 2.45) is 17.3 Å². The SMILES string of the molecule is COc1ccc([C@@H]2CN(C(=O)CCC(=O)O)C[C@@]2(C)[C@@H](C)O)cc1OC(C1CC1)C1CC1. The smallest absolute Gasteiger partial charge is 0.303 e. The van der Waals surface area contributed by atoms with E-state index in [1.165, 1.54) is 25.7 Å². The average molecular weight is 446 g/mol. The first-order valence-electron chi connectivity index (χ1n) is 11.7. The Morgan fingerprint density at radius 2 is 1.81 bits per heavy atom. The van der Waals surface area contributed by atoms with Gasteiger partial charge in [0, 0.05) is 30.8 Å². The van der Waals surface area contributed by atoms with E-state index < -0.39 is 17.5 Å². The van der Waals surface area contributed by atoms with Crippen LogP contribution >= 0.6 is 0 Å². The van der Waals surface area contributed by atoms with Crippen LogP contribution in [0.25, 0.3) is 0 Å². The van der Waals surface area contributed by atoms with Gasteiger partial charge in [-0.3, -0.25) is 9.59 Å². The van der Waals surface area contributed by atoms with E-state index in [1.54, 1.807) is 18.9 Å². The van der Waals surface area contributed by atoms with Gasteiger partial charge in [-0.2, -0.15) is 0 Å². The molecule has 1 aromatic carbocycles. The molecule has 4 rings (SSSR count). The topological polar surface area (TPSA) is 96.3 Å². The number of carbonyl (C=O) groups excluding carboxylic acids is 1. The highest BCUT2D eigenvalue weighted by Crippen LogP contribution is 2.50. The fourth-order valence-corrected chi connectivity index (χ4v) is 5.06. The molecule has 0 spiro atoms. The number of carboxylic acids is 1. The standard InChI is InChI=1S/C25H35NO6/c1-15(27)25(2)14-26(22(28)10-11-23(29)30)13-19(25)18-8-9-20(31-3)21(12-18)32-24(16-4-5-16)17-6-7-17/h8-9,12,15-17,19,24,27H,4-7,10-11,13-14H2,1-3H3,(H,29,30)/t15-,19+,25+/m1/s1. The molecule has 32 heavy (non-hydrogen) atoms. The molecule has 1 aliphatic heterocycles. The molecular weight excluding hydrogens is 410 g/mol. The summed E-state index contributed by atoms with van der Waals surface area (Å²) in [7, 11) is 1.64. The molecule has 1 saturated heterocycles. The summed E-state index contributed by atoms with van der Waals surface area (Å²) in [5, 5.41) is 19.6. The van der Waals surface area contributed by atoms with E-state index in [0.29, 0.717) is 30.7 Å². The Morgan fingerprint density at radius 3 is 2.34 bits per heavy atom. The molecule has 0 radical (unpaired) electrons. The van der Waals surface area contributed by atoms with Gasteiger partial charge in [-0.05, 0) is 62.1 Å². The Hall–Kier alpha value is -2.28.